The van der Waals surface area contributed by atoms with Gasteiger partial charge in [-0.15, -0.1) is 0 Å². The van der Waals surface area contributed by atoms with Gasteiger partial charge in [-0.25, -0.2) is 9.78 Å². The van der Waals surface area contributed by atoms with Crippen molar-refractivity contribution in [3.63, 3.8) is 0 Å². The number of rotatable bonds is 4. The number of pyridine rings is 1. The average molecular weight is 299 g/mol. The smallest absolute Gasteiger partial charge is 0.406 e. The van der Waals surface area contributed by atoms with E-state index in [0.29, 0.717) is 29.6 Å². The second-order valence-electron chi connectivity index (χ2n) is 4.46. The van der Waals surface area contributed by atoms with Crippen LogP contribution in [-0.4, -0.2) is 14.9 Å². The first-order chi connectivity index (χ1) is 8.13. The maximum Gasteiger partial charge on any atom is 0.421 e. The number of hydrogen-bond acceptors (Lipinski definition) is 3. The molecule has 0 aliphatic heterocycles. The van der Waals surface area contributed by atoms with Gasteiger partial charge in [0.2, 0.25) is 0 Å². The Hall–Kier alpha value is -1.10. The first-order valence-corrected chi connectivity index (χ1v) is 6.76. The second kappa shape index (κ2) is 5.04. The predicted molar refractivity (Wildman–Crippen MR) is 70.4 cm³/mol. The maximum atomic E-state index is 11.8. The Morgan fingerprint density at radius 2 is 2.29 bits per heavy atom. The molecule has 0 amide bonds. The van der Waals surface area contributed by atoms with Crippen LogP contribution in [0.15, 0.2) is 27.5 Å². The Morgan fingerprint density at radius 3 is 2.94 bits per heavy atom. The molecule has 0 spiro atoms. The van der Waals surface area contributed by atoms with Crippen LogP contribution in [0.4, 0.5) is 0 Å². The number of oxazole rings is 1. The molecule has 0 saturated carbocycles. The van der Waals surface area contributed by atoms with Crippen molar-refractivity contribution in [2.45, 2.75) is 20.4 Å². The SMILES string of the molecule is CC(C)C(CBr)Cn1c(=O)oc2cccnc21. The lowest BCUT2D eigenvalue weighted by molar-refractivity contribution is 0.359. The summed E-state index contributed by atoms with van der Waals surface area (Å²) in [7, 11) is 0. The van der Waals surface area contributed by atoms with E-state index >= 15 is 0 Å². The fourth-order valence-corrected chi connectivity index (χ4v) is 2.69. The predicted octanol–water partition coefficient (Wildman–Crippen LogP) is 2.66. The summed E-state index contributed by atoms with van der Waals surface area (Å²) >= 11 is 3.48. The normalized spacial score (nSPS) is 13.4. The molecule has 1 atom stereocenters. The summed E-state index contributed by atoms with van der Waals surface area (Å²) in [5, 5.41) is 0.858. The van der Waals surface area contributed by atoms with Crippen molar-refractivity contribution >= 4 is 27.2 Å². The highest BCUT2D eigenvalue weighted by molar-refractivity contribution is 9.09. The molecule has 2 aromatic rings. The largest absolute Gasteiger partial charge is 0.421 e. The fraction of sp³-hybridized carbons (Fsp3) is 0.500. The average Bonchev–Trinajstić information content (AvgIpc) is 2.61. The summed E-state index contributed by atoms with van der Waals surface area (Å²) in [5.74, 6) is 0.552. The molecule has 5 heteroatoms. The molecule has 0 N–H and O–H groups in total. The summed E-state index contributed by atoms with van der Waals surface area (Å²) in [4.78, 5) is 16.0. The van der Waals surface area contributed by atoms with E-state index in [1.165, 1.54) is 0 Å². The summed E-state index contributed by atoms with van der Waals surface area (Å²) < 4.78 is 6.77. The van der Waals surface area contributed by atoms with Crippen LogP contribution >= 0.6 is 15.9 Å². The topological polar surface area (TPSA) is 48.0 Å². The third kappa shape index (κ3) is 2.44. The number of aromatic nitrogens is 2. The van der Waals surface area contributed by atoms with Crippen LogP contribution < -0.4 is 5.76 Å². The van der Waals surface area contributed by atoms with Crippen molar-refractivity contribution in [1.82, 2.24) is 9.55 Å². The number of halogens is 1. The molecule has 2 heterocycles. The van der Waals surface area contributed by atoms with Gasteiger partial charge in [0, 0.05) is 18.1 Å². The Morgan fingerprint density at radius 1 is 1.53 bits per heavy atom. The number of hydrogen-bond donors (Lipinski definition) is 0. The zero-order valence-electron chi connectivity index (χ0n) is 9.89. The van der Waals surface area contributed by atoms with Crippen molar-refractivity contribution in [2.24, 2.45) is 11.8 Å². The van der Waals surface area contributed by atoms with Crippen molar-refractivity contribution < 1.29 is 4.42 Å². The van der Waals surface area contributed by atoms with Gasteiger partial charge in [-0.3, -0.25) is 4.57 Å². The van der Waals surface area contributed by atoms with E-state index in [2.05, 4.69) is 34.8 Å². The number of nitrogens with zero attached hydrogens (tertiary/aromatic N) is 2. The van der Waals surface area contributed by atoms with Crippen molar-refractivity contribution in [3.8, 4) is 0 Å². The molecule has 1 unspecified atom stereocenters. The highest BCUT2D eigenvalue weighted by Crippen LogP contribution is 2.18. The van der Waals surface area contributed by atoms with E-state index in [-0.39, 0.29) is 5.76 Å². The van der Waals surface area contributed by atoms with Crippen molar-refractivity contribution in [3.05, 3.63) is 28.9 Å². The van der Waals surface area contributed by atoms with Gasteiger partial charge in [-0.05, 0) is 24.0 Å². The van der Waals surface area contributed by atoms with Crippen LogP contribution in [0.25, 0.3) is 11.2 Å². The van der Waals surface area contributed by atoms with Gasteiger partial charge in [0.05, 0.1) is 0 Å². The molecule has 17 heavy (non-hydrogen) atoms. The highest BCUT2D eigenvalue weighted by Gasteiger charge is 2.17. The van der Waals surface area contributed by atoms with Gasteiger partial charge in [0.1, 0.15) is 0 Å². The lowest BCUT2D eigenvalue weighted by Crippen LogP contribution is -2.24. The summed E-state index contributed by atoms with van der Waals surface area (Å²) in [5.41, 5.74) is 1.18. The van der Waals surface area contributed by atoms with E-state index in [4.69, 9.17) is 4.42 Å². The molecule has 0 saturated heterocycles. The lowest BCUT2D eigenvalue weighted by Gasteiger charge is -2.17. The summed E-state index contributed by atoms with van der Waals surface area (Å²) in [6.45, 7) is 4.92. The van der Waals surface area contributed by atoms with Crippen LogP contribution in [0.2, 0.25) is 0 Å². The standard InChI is InChI=1S/C12H15BrN2O2/c1-8(2)9(6-13)7-15-11-10(17-12(15)16)4-3-5-14-11/h3-5,8-9H,6-7H2,1-2H3. The Labute approximate surface area is 108 Å². The summed E-state index contributed by atoms with van der Waals surface area (Å²) in [6.07, 6.45) is 1.67. The molecule has 2 rings (SSSR count). The van der Waals surface area contributed by atoms with Gasteiger partial charge in [0.15, 0.2) is 11.2 Å². The maximum absolute atomic E-state index is 11.8. The van der Waals surface area contributed by atoms with E-state index in [1.54, 1.807) is 22.9 Å². The molecule has 0 bridgehead atoms. The minimum atomic E-state index is -0.328. The van der Waals surface area contributed by atoms with Crippen LogP contribution in [0.5, 0.6) is 0 Å². The molecule has 0 aliphatic rings. The van der Waals surface area contributed by atoms with Crippen LogP contribution in [0, 0.1) is 11.8 Å². The third-order valence-electron chi connectivity index (χ3n) is 2.98. The fourth-order valence-electron chi connectivity index (χ4n) is 1.73. The van der Waals surface area contributed by atoms with Crippen molar-refractivity contribution in [1.29, 1.82) is 0 Å². The first-order valence-electron chi connectivity index (χ1n) is 5.63. The second-order valence-corrected chi connectivity index (χ2v) is 5.11. The minimum Gasteiger partial charge on any atom is -0.406 e. The Bertz CT molecular complexity index is 559. The zero-order valence-corrected chi connectivity index (χ0v) is 11.5. The van der Waals surface area contributed by atoms with Gasteiger partial charge in [0.25, 0.3) is 0 Å². The minimum absolute atomic E-state index is 0.328. The molecule has 0 aromatic carbocycles. The van der Waals surface area contributed by atoms with Crippen LogP contribution in [0.1, 0.15) is 13.8 Å². The quantitative estimate of drug-likeness (QED) is 0.815. The third-order valence-corrected chi connectivity index (χ3v) is 3.81. The Balaban J connectivity index is 2.41. The van der Waals surface area contributed by atoms with Gasteiger partial charge < -0.3 is 4.42 Å². The molecular formula is C12H15BrN2O2. The zero-order chi connectivity index (χ0) is 12.4. The molecule has 0 aliphatic carbocycles. The first kappa shape index (κ1) is 12.4. The van der Waals surface area contributed by atoms with Crippen LogP contribution in [0.3, 0.4) is 0 Å². The van der Waals surface area contributed by atoms with E-state index in [1.807, 2.05) is 0 Å². The molecule has 0 fully saturated rings. The monoisotopic (exact) mass is 298 g/mol. The summed E-state index contributed by atoms with van der Waals surface area (Å²) in [6, 6.07) is 3.53. The molecule has 0 radical (unpaired) electrons. The van der Waals surface area contributed by atoms with E-state index in [9.17, 15) is 4.79 Å². The van der Waals surface area contributed by atoms with Gasteiger partial charge >= 0.3 is 5.76 Å². The molecular weight excluding hydrogens is 284 g/mol. The lowest BCUT2D eigenvalue weighted by atomic mass is 9.98. The van der Waals surface area contributed by atoms with Gasteiger partial charge in [-0.2, -0.15) is 0 Å². The molecule has 2 aromatic heterocycles. The highest BCUT2D eigenvalue weighted by atomic mass is 79.9. The van der Waals surface area contributed by atoms with E-state index in [0.717, 1.165) is 5.33 Å². The molecule has 4 nitrogen and oxygen atoms in total. The number of alkyl halides is 1. The van der Waals surface area contributed by atoms with Gasteiger partial charge in [-0.1, -0.05) is 29.8 Å². The van der Waals surface area contributed by atoms with Crippen LogP contribution in [-0.2, 0) is 6.54 Å². The number of fused-ring (bicyclic) bond motifs is 1. The Kier molecular flexibility index (Phi) is 3.66. The van der Waals surface area contributed by atoms with Crippen molar-refractivity contribution in [2.75, 3.05) is 5.33 Å². The van der Waals surface area contributed by atoms with E-state index < -0.39 is 0 Å². The molecule has 92 valence electrons.